The number of carbonyl (C=O) groups excluding carboxylic acids is 2. The molecule has 144 valence electrons. The Kier molecular flexibility index (Phi) is 5.29. The lowest BCUT2D eigenvalue weighted by molar-refractivity contribution is 0.0887. The van der Waals surface area contributed by atoms with E-state index in [0.717, 1.165) is 6.42 Å². The summed E-state index contributed by atoms with van der Waals surface area (Å²) in [5, 5.41) is 21.9. The Morgan fingerprint density at radius 1 is 1.22 bits per heavy atom. The van der Waals surface area contributed by atoms with Gasteiger partial charge in [-0.3, -0.25) is 19.5 Å². The van der Waals surface area contributed by atoms with Gasteiger partial charge in [0.05, 0.1) is 0 Å². The number of H-pyrrole nitrogens is 2. The van der Waals surface area contributed by atoms with Crippen LogP contribution in [0, 0.1) is 6.92 Å². The molecule has 0 bridgehead atoms. The van der Waals surface area contributed by atoms with Gasteiger partial charge in [0.15, 0.2) is 11.4 Å². The molecular formula is C18H23N5O4. The fraction of sp³-hybridized carbons (Fsp3) is 0.444. The van der Waals surface area contributed by atoms with Crippen molar-refractivity contribution in [2.45, 2.75) is 51.6 Å². The molecule has 2 atom stereocenters. The van der Waals surface area contributed by atoms with E-state index in [9.17, 15) is 19.5 Å². The van der Waals surface area contributed by atoms with E-state index >= 15 is 0 Å². The SMILES string of the molecule is CCc1cc(C(=O)N[C@H]2CCC[C@H]2NC(=O)c2[nH]nc(C)c2O)cc(=O)[nH]1. The van der Waals surface area contributed by atoms with Crippen LogP contribution in [0.5, 0.6) is 5.75 Å². The van der Waals surface area contributed by atoms with E-state index in [0.29, 0.717) is 36.2 Å². The van der Waals surface area contributed by atoms with Gasteiger partial charge in [0, 0.05) is 29.4 Å². The van der Waals surface area contributed by atoms with Crippen LogP contribution in [0.2, 0.25) is 0 Å². The number of hydrogen-bond acceptors (Lipinski definition) is 5. The topological polar surface area (TPSA) is 140 Å². The number of aromatic hydroxyl groups is 1. The van der Waals surface area contributed by atoms with Crippen LogP contribution in [0.1, 0.15) is 58.4 Å². The molecule has 3 rings (SSSR count). The Labute approximate surface area is 155 Å². The van der Waals surface area contributed by atoms with Crippen LogP contribution < -0.4 is 16.2 Å². The molecule has 5 N–H and O–H groups in total. The van der Waals surface area contributed by atoms with Crippen molar-refractivity contribution in [3.63, 3.8) is 0 Å². The summed E-state index contributed by atoms with van der Waals surface area (Å²) in [4.78, 5) is 39.3. The first kappa shape index (κ1) is 18.7. The summed E-state index contributed by atoms with van der Waals surface area (Å²) < 4.78 is 0. The van der Waals surface area contributed by atoms with Gasteiger partial charge in [-0.15, -0.1) is 0 Å². The summed E-state index contributed by atoms with van der Waals surface area (Å²) in [5.41, 5.74) is 1.02. The molecule has 1 saturated carbocycles. The van der Waals surface area contributed by atoms with Crippen LogP contribution in [-0.2, 0) is 6.42 Å². The molecule has 0 radical (unpaired) electrons. The van der Waals surface area contributed by atoms with E-state index < -0.39 is 5.91 Å². The molecule has 1 aliphatic carbocycles. The summed E-state index contributed by atoms with van der Waals surface area (Å²) in [6.07, 6.45) is 2.89. The molecule has 0 aromatic carbocycles. The molecule has 0 aliphatic heterocycles. The van der Waals surface area contributed by atoms with Gasteiger partial charge in [-0.25, -0.2) is 0 Å². The third-order valence-electron chi connectivity index (χ3n) is 4.83. The van der Waals surface area contributed by atoms with Crippen molar-refractivity contribution in [2.75, 3.05) is 0 Å². The molecular weight excluding hydrogens is 350 g/mol. The number of hydrogen-bond donors (Lipinski definition) is 5. The summed E-state index contributed by atoms with van der Waals surface area (Å²) >= 11 is 0. The maximum Gasteiger partial charge on any atom is 0.273 e. The zero-order chi connectivity index (χ0) is 19.6. The fourth-order valence-electron chi connectivity index (χ4n) is 3.31. The first-order valence-corrected chi connectivity index (χ1v) is 8.98. The highest BCUT2D eigenvalue weighted by Gasteiger charge is 2.31. The monoisotopic (exact) mass is 373 g/mol. The largest absolute Gasteiger partial charge is 0.504 e. The summed E-state index contributed by atoms with van der Waals surface area (Å²) in [6, 6.07) is 2.40. The normalized spacial score (nSPS) is 19.0. The molecule has 2 amide bonds. The second-order valence-electron chi connectivity index (χ2n) is 6.74. The van der Waals surface area contributed by atoms with Crippen LogP contribution in [0.3, 0.4) is 0 Å². The van der Waals surface area contributed by atoms with E-state index in [1.165, 1.54) is 6.07 Å². The average molecular weight is 373 g/mol. The van der Waals surface area contributed by atoms with Gasteiger partial charge in [0.1, 0.15) is 5.69 Å². The second kappa shape index (κ2) is 7.65. The van der Waals surface area contributed by atoms with Gasteiger partial charge in [-0.1, -0.05) is 6.92 Å². The smallest absolute Gasteiger partial charge is 0.273 e. The molecule has 0 saturated heterocycles. The van der Waals surface area contributed by atoms with E-state index in [4.69, 9.17) is 0 Å². The van der Waals surface area contributed by atoms with Gasteiger partial charge in [0.2, 0.25) is 5.56 Å². The van der Waals surface area contributed by atoms with Crippen LogP contribution in [0.25, 0.3) is 0 Å². The molecule has 27 heavy (non-hydrogen) atoms. The summed E-state index contributed by atoms with van der Waals surface area (Å²) in [5.74, 6) is -0.993. The first-order valence-electron chi connectivity index (χ1n) is 8.98. The molecule has 2 aromatic rings. The van der Waals surface area contributed by atoms with Crippen LogP contribution in [0.4, 0.5) is 0 Å². The number of aromatic nitrogens is 3. The predicted molar refractivity (Wildman–Crippen MR) is 97.8 cm³/mol. The maximum atomic E-state index is 12.5. The second-order valence-corrected chi connectivity index (χ2v) is 6.74. The lowest BCUT2D eigenvalue weighted by Gasteiger charge is -2.22. The Bertz CT molecular complexity index is 917. The van der Waals surface area contributed by atoms with Crippen LogP contribution in [-0.4, -0.2) is 44.2 Å². The molecule has 9 heteroatoms. The number of aryl methyl sites for hydroxylation is 2. The Hall–Kier alpha value is -3.10. The van der Waals surface area contributed by atoms with Gasteiger partial charge in [0.25, 0.3) is 11.8 Å². The van der Waals surface area contributed by atoms with Crippen molar-refractivity contribution in [1.29, 1.82) is 0 Å². The van der Waals surface area contributed by atoms with Gasteiger partial charge >= 0.3 is 0 Å². The quantitative estimate of drug-likeness (QED) is 0.526. The van der Waals surface area contributed by atoms with Crippen molar-refractivity contribution >= 4 is 11.8 Å². The Balaban J connectivity index is 1.68. The molecule has 2 heterocycles. The highest BCUT2D eigenvalue weighted by molar-refractivity contribution is 5.96. The number of aromatic amines is 2. The fourth-order valence-corrected chi connectivity index (χ4v) is 3.31. The number of nitrogens with one attached hydrogen (secondary N) is 4. The average Bonchev–Trinajstić information content (AvgIpc) is 3.21. The zero-order valence-electron chi connectivity index (χ0n) is 15.3. The van der Waals surface area contributed by atoms with Crippen molar-refractivity contribution in [1.82, 2.24) is 25.8 Å². The number of amides is 2. The molecule has 0 unspecified atom stereocenters. The first-order chi connectivity index (χ1) is 12.9. The van der Waals surface area contributed by atoms with Crippen molar-refractivity contribution in [3.05, 3.63) is 45.1 Å². The highest BCUT2D eigenvalue weighted by atomic mass is 16.3. The van der Waals surface area contributed by atoms with Gasteiger partial charge in [-0.05, 0) is 38.7 Å². The van der Waals surface area contributed by atoms with Gasteiger partial charge < -0.3 is 20.7 Å². The van der Waals surface area contributed by atoms with Crippen molar-refractivity contribution in [3.8, 4) is 5.75 Å². The lowest BCUT2D eigenvalue weighted by atomic mass is 10.1. The molecule has 0 spiro atoms. The standard InChI is InChI=1S/C18H23N5O4/c1-3-11-7-10(8-14(24)19-11)17(26)20-12-5-4-6-13(12)21-18(27)15-16(25)9(2)22-23-15/h7-8,12-13,25H,3-6H2,1-2H3,(H,19,24)(H,20,26)(H,21,27)(H,22,23)/t12-,13+/m0/s1. The van der Waals surface area contributed by atoms with Gasteiger partial charge in [-0.2, -0.15) is 5.10 Å². The lowest BCUT2D eigenvalue weighted by Crippen LogP contribution is -2.48. The van der Waals surface area contributed by atoms with E-state index in [1.807, 2.05) is 6.92 Å². The number of pyridine rings is 1. The highest BCUT2D eigenvalue weighted by Crippen LogP contribution is 2.22. The third-order valence-corrected chi connectivity index (χ3v) is 4.83. The van der Waals surface area contributed by atoms with E-state index in [2.05, 4.69) is 25.8 Å². The summed E-state index contributed by atoms with van der Waals surface area (Å²) in [6.45, 7) is 3.48. The maximum absolute atomic E-state index is 12.5. The minimum absolute atomic E-state index is 0.00616. The Morgan fingerprint density at radius 3 is 2.48 bits per heavy atom. The van der Waals surface area contributed by atoms with E-state index in [-0.39, 0.29) is 35.0 Å². The minimum atomic E-state index is -0.469. The molecule has 9 nitrogen and oxygen atoms in total. The summed E-state index contributed by atoms with van der Waals surface area (Å²) in [7, 11) is 0. The van der Waals surface area contributed by atoms with Crippen LogP contribution in [0.15, 0.2) is 16.9 Å². The Morgan fingerprint density at radius 2 is 1.89 bits per heavy atom. The number of nitrogens with zero attached hydrogens (tertiary/aromatic N) is 1. The predicted octanol–water partition coefficient (Wildman–Crippen LogP) is 0.755. The third kappa shape index (κ3) is 4.02. The van der Waals surface area contributed by atoms with Crippen molar-refractivity contribution in [2.24, 2.45) is 0 Å². The number of carbonyl (C=O) groups is 2. The zero-order valence-corrected chi connectivity index (χ0v) is 15.3. The molecule has 2 aromatic heterocycles. The number of rotatable bonds is 5. The van der Waals surface area contributed by atoms with Crippen molar-refractivity contribution < 1.29 is 14.7 Å². The minimum Gasteiger partial charge on any atom is -0.504 e. The molecule has 1 fully saturated rings. The van der Waals surface area contributed by atoms with Crippen LogP contribution >= 0.6 is 0 Å². The molecule has 1 aliphatic rings. The van der Waals surface area contributed by atoms with E-state index in [1.54, 1.807) is 13.0 Å².